The predicted octanol–water partition coefficient (Wildman–Crippen LogP) is 2.88. The molecule has 1 aliphatic rings. The van der Waals surface area contributed by atoms with Gasteiger partial charge in [0.1, 0.15) is 0 Å². The molecule has 1 aliphatic heterocycles. The van der Waals surface area contributed by atoms with Crippen LogP contribution >= 0.6 is 0 Å². The maximum atomic E-state index is 4.69. The maximum absolute atomic E-state index is 4.69. The normalized spacial score (nSPS) is 15.0. The Morgan fingerprint density at radius 2 is 1.88 bits per heavy atom. The third-order valence-electron chi connectivity index (χ3n) is 4.75. The molecular weight excluding hydrogens is 310 g/mol. The second-order valence-corrected chi connectivity index (χ2v) is 6.77. The van der Waals surface area contributed by atoms with Gasteiger partial charge in [-0.15, -0.1) is 0 Å². The van der Waals surface area contributed by atoms with Crippen LogP contribution in [0.5, 0.6) is 0 Å². The molecule has 0 radical (unpaired) electrons. The van der Waals surface area contributed by atoms with Crippen molar-refractivity contribution in [2.24, 2.45) is 0 Å². The van der Waals surface area contributed by atoms with Gasteiger partial charge in [-0.05, 0) is 24.2 Å². The first-order valence-electron chi connectivity index (χ1n) is 8.64. The van der Waals surface area contributed by atoms with Crippen molar-refractivity contribution < 1.29 is 0 Å². The van der Waals surface area contributed by atoms with Crippen molar-refractivity contribution >= 4 is 5.69 Å². The van der Waals surface area contributed by atoms with Crippen LogP contribution in [0.4, 0.5) is 5.69 Å². The molecule has 25 heavy (non-hydrogen) atoms. The molecule has 0 saturated carbocycles. The molecule has 3 aromatic rings. The van der Waals surface area contributed by atoms with Crippen LogP contribution in [0.2, 0.25) is 0 Å². The van der Waals surface area contributed by atoms with E-state index >= 15 is 0 Å². The highest BCUT2D eigenvalue weighted by molar-refractivity contribution is 5.63. The monoisotopic (exact) mass is 333 g/mol. The number of rotatable bonds is 3. The second kappa shape index (κ2) is 6.69. The van der Waals surface area contributed by atoms with E-state index in [2.05, 4.69) is 70.5 Å². The van der Waals surface area contributed by atoms with Crippen molar-refractivity contribution in [1.82, 2.24) is 19.7 Å². The van der Waals surface area contributed by atoms with Gasteiger partial charge in [0.2, 0.25) is 0 Å². The Balaban J connectivity index is 1.60. The minimum atomic E-state index is 0.775. The molecule has 0 aliphatic carbocycles. The van der Waals surface area contributed by atoms with E-state index in [1.807, 2.05) is 23.1 Å². The molecule has 0 spiro atoms. The summed E-state index contributed by atoms with van der Waals surface area (Å²) in [5.74, 6) is 0. The van der Waals surface area contributed by atoms with Crippen LogP contribution in [0, 0.1) is 0 Å². The second-order valence-electron chi connectivity index (χ2n) is 6.77. The predicted molar refractivity (Wildman–Crippen MR) is 101 cm³/mol. The molecule has 128 valence electrons. The summed E-state index contributed by atoms with van der Waals surface area (Å²) in [6.45, 7) is 3.82. The molecular formula is C20H23N5. The Morgan fingerprint density at radius 3 is 2.72 bits per heavy atom. The van der Waals surface area contributed by atoms with Gasteiger partial charge in [0.15, 0.2) is 0 Å². The zero-order valence-corrected chi connectivity index (χ0v) is 14.8. The number of likely N-dealkylation sites (N-methyl/N-ethyl adjacent to an activating group) is 2. The fraction of sp³-hybridized carbons (Fsp3) is 0.300. The van der Waals surface area contributed by atoms with Gasteiger partial charge < -0.3 is 9.80 Å². The fourth-order valence-electron chi connectivity index (χ4n) is 3.28. The van der Waals surface area contributed by atoms with Crippen LogP contribution in [0.25, 0.3) is 11.3 Å². The van der Waals surface area contributed by atoms with Crippen molar-refractivity contribution in [3.63, 3.8) is 0 Å². The summed E-state index contributed by atoms with van der Waals surface area (Å²) in [7, 11) is 4.30. The SMILES string of the molecule is CN1CCN(C)c2cnc(-c3cnn(Cc4ccccc4)c3)cc2C1. The van der Waals surface area contributed by atoms with E-state index in [1.165, 1.54) is 16.8 Å². The Hall–Kier alpha value is -2.66. The molecule has 0 saturated heterocycles. The lowest BCUT2D eigenvalue weighted by atomic mass is 10.1. The lowest BCUT2D eigenvalue weighted by molar-refractivity contribution is 0.342. The number of pyridine rings is 1. The summed E-state index contributed by atoms with van der Waals surface area (Å²) < 4.78 is 1.97. The number of anilines is 1. The number of hydrogen-bond donors (Lipinski definition) is 0. The fourth-order valence-corrected chi connectivity index (χ4v) is 3.28. The van der Waals surface area contributed by atoms with E-state index in [0.717, 1.165) is 37.4 Å². The van der Waals surface area contributed by atoms with Gasteiger partial charge in [-0.1, -0.05) is 30.3 Å². The lowest BCUT2D eigenvalue weighted by Gasteiger charge is -2.18. The minimum Gasteiger partial charge on any atom is -0.372 e. The van der Waals surface area contributed by atoms with E-state index in [0.29, 0.717) is 0 Å². The van der Waals surface area contributed by atoms with Gasteiger partial charge in [-0.25, -0.2) is 0 Å². The minimum absolute atomic E-state index is 0.775. The van der Waals surface area contributed by atoms with Crippen LogP contribution in [0.3, 0.4) is 0 Å². The van der Waals surface area contributed by atoms with Crippen molar-refractivity contribution in [3.05, 3.63) is 66.1 Å². The average Bonchev–Trinajstić information content (AvgIpc) is 3.03. The molecule has 3 heterocycles. The van der Waals surface area contributed by atoms with Gasteiger partial charge in [0.25, 0.3) is 0 Å². The van der Waals surface area contributed by atoms with Crippen LogP contribution in [0.15, 0.2) is 55.0 Å². The van der Waals surface area contributed by atoms with Gasteiger partial charge in [0, 0.05) is 38.4 Å². The van der Waals surface area contributed by atoms with Crippen molar-refractivity contribution in [3.8, 4) is 11.3 Å². The molecule has 1 aromatic carbocycles. The molecule has 0 amide bonds. The Labute approximate surface area is 148 Å². The average molecular weight is 333 g/mol. The molecule has 4 rings (SSSR count). The Kier molecular flexibility index (Phi) is 4.24. The van der Waals surface area contributed by atoms with Crippen LogP contribution in [0.1, 0.15) is 11.1 Å². The topological polar surface area (TPSA) is 37.2 Å². The molecule has 0 N–H and O–H groups in total. The molecule has 0 fully saturated rings. The lowest BCUT2D eigenvalue weighted by Crippen LogP contribution is -2.26. The zero-order chi connectivity index (χ0) is 17.2. The molecule has 0 bridgehead atoms. The highest BCUT2D eigenvalue weighted by Crippen LogP contribution is 2.27. The first-order chi connectivity index (χ1) is 12.2. The first kappa shape index (κ1) is 15.8. The van der Waals surface area contributed by atoms with Crippen molar-refractivity contribution in [2.45, 2.75) is 13.1 Å². The van der Waals surface area contributed by atoms with Crippen LogP contribution in [-0.2, 0) is 13.1 Å². The zero-order valence-electron chi connectivity index (χ0n) is 14.8. The Bertz CT molecular complexity index is 856. The molecule has 0 unspecified atom stereocenters. The number of aromatic nitrogens is 3. The Morgan fingerprint density at radius 1 is 1.04 bits per heavy atom. The standard InChI is InChI=1S/C20H23N5/c1-23-8-9-24(2)20-12-21-19(10-17(20)14-23)18-11-22-25(15-18)13-16-6-4-3-5-7-16/h3-7,10-12,15H,8-9,13-14H2,1-2H3. The maximum Gasteiger partial charge on any atom is 0.0738 e. The number of benzene rings is 1. The largest absolute Gasteiger partial charge is 0.372 e. The summed E-state index contributed by atoms with van der Waals surface area (Å²) in [6.07, 6.45) is 5.98. The van der Waals surface area contributed by atoms with Crippen molar-refractivity contribution in [1.29, 1.82) is 0 Å². The van der Waals surface area contributed by atoms with Gasteiger partial charge in [0.05, 0.1) is 30.3 Å². The summed E-state index contributed by atoms with van der Waals surface area (Å²) in [4.78, 5) is 9.32. The molecule has 0 atom stereocenters. The van der Waals surface area contributed by atoms with E-state index < -0.39 is 0 Å². The van der Waals surface area contributed by atoms with E-state index in [1.54, 1.807) is 0 Å². The number of fused-ring (bicyclic) bond motifs is 1. The van der Waals surface area contributed by atoms with Crippen LogP contribution < -0.4 is 4.90 Å². The summed E-state index contributed by atoms with van der Waals surface area (Å²) in [6, 6.07) is 12.6. The number of hydrogen-bond acceptors (Lipinski definition) is 4. The first-order valence-corrected chi connectivity index (χ1v) is 8.64. The number of nitrogens with zero attached hydrogens (tertiary/aromatic N) is 5. The highest BCUT2D eigenvalue weighted by atomic mass is 15.3. The summed E-state index contributed by atoms with van der Waals surface area (Å²) >= 11 is 0. The third kappa shape index (κ3) is 3.42. The van der Waals surface area contributed by atoms with Gasteiger partial charge >= 0.3 is 0 Å². The molecule has 2 aromatic heterocycles. The smallest absolute Gasteiger partial charge is 0.0738 e. The molecule has 5 nitrogen and oxygen atoms in total. The quantitative estimate of drug-likeness (QED) is 0.739. The van der Waals surface area contributed by atoms with Gasteiger partial charge in [-0.3, -0.25) is 9.67 Å². The van der Waals surface area contributed by atoms with E-state index in [-0.39, 0.29) is 0 Å². The summed E-state index contributed by atoms with van der Waals surface area (Å²) in [5, 5.41) is 4.50. The van der Waals surface area contributed by atoms with E-state index in [4.69, 9.17) is 0 Å². The van der Waals surface area contributed by atoms with Gasteiger partial charge in [-0.2, -0.15) is 5.10 Å². The van der Waals surface area contributed by atoms with E-state index in [9.17, 15) is 0 Å². The molecule has 5 heteroatoms. The highest BCUT2D eigenvalue weighted by Gasteiger charge is 2.17. The van der Waals surface area contributed by atoms with Crippen molar-refractivity contribution in [2.75, 3.05) is 32.1 Å². The third-order valence-corrected chi connectivity index (χ3v) is 4.75. The van der Waals surface area contributed by atoms with Crippen LogP contribution in [-0.4, -0.2) is 46.8 Å². The summed E-state index contributed by atoms with van der Waals surface area (Å²) in [5.41, 5.74) is 5.85.